The number of hydrogen-bond acceptors (Lipinski definition) is 5. The van der Waals surface area contributed by atoms with Crippen molar-refractivity contribution in [3.63, 3.8) is 0 Å². The van der Waals surface area contributed by atoms with E-state index in [-0.39, 0.29) is 5.56 Å². The highest BCUT2D eigenvalue weighted by atomic mass is 32.2. The van der Waals surface area contributed by atoms with Crippen molar-refractivity contribution in [3.8, 4) is 21.7 Å². The van der Waals surface area contributed by atoms with Crippen LogP contribution in [0.5, 0.6) is 0 Å². The van der Waals surface area contributed by atoms with Gasteiger partial charge in [-0.3, -0.25) is 9.36 Å². The minimum absolute atomic E-state index is 0.0572. The van der Waals surface area contributed by atoms with Gasteiger partial charge in [-0.05, 0) is 75.2 Å². The Hall–Kier alpha value is -4.17. The summed E-state index contributed by atoms with van der Waals surface area (Å²) in [5, 5.41) is 2.27. The molecule has 4 nitrogen and oxygen atoms in total. The maximum Gasteiger partial charge on any atom is 0.269 e. The molecule has 0 unspecified atom stereocenters. The van der Waals surface area contributed by atoms with Crippen LogP contribution in [0.2, 0.25) is 0 Å². The van der Waals surface area contributed by atoms with E-state index in [2.05, 4.69) is 126 Å². The van der Waals surface area contributed by atoms with E-state index >= 15 is 0 Å². The first-order valence-electron chi connectivity index (χ1n) is 15.8. The molecule has 0 spiro atoms. The molecule has 5 aromatic rings. The van der Waals surface area contributed by atoms with Crippen molar-refractivity contribution >= 4 is 58.4 Å². The zero-order valence-corrected chi connectivity index (χ0v) is 29.1. The third-order valence-electron chi connectivity index (χ3n) is 7.90. The van der Waals surface area contributed by atoms with E-state index in [0.29, 0.717) is 6.54 Å². The van der Waals surface area contributed by atoms with E-state index in [9.17, 15) is 4.79 Å². The molecule has 0 saturated heterocycles. The van der Waals surface area contributed by atoms with Crippen LogP contribution < -0.4 is 24.2 Å². The van der Waals surface area contributed by atoms with E-state index < -0.39 is 0 Å². The van der Waals surface area contributed by atoms with Gasteiger partial charge in [0.1, 0.15) is 16.1 Å². The van der Waals surface area contributed by atoms with Crippen LogP contribution in [-0.2, 0) is 13.1 Å². The molecule has 3 aromatic carbocycles. The van der Waals surface area contributed by atoms with Crippen LogP contribution in [0.15, 0.2) is 118 Å². The average Bonchev–Trinajstić information content (AvgIpc) is 3.74. The highest BCUT2D eigenvalue weighted by molar-refractivity contribution is 8.03. The number of aromatic nitrogens is 2. The Labute approximate surface area is 283 Å². The van der Waals surface area contributed by atoms with Gasteiger partial charge in [-0.1, -0.05) is 102 Å². The second-order valence-electron chi connectivity index (χ2n) is 10.7. The smallest absolute Gasteiger partial charge is 0.269 e. The van der Waals surface area contributed by atoms with Gasteiger partial charge in [-0.25, -0.2) is 0 Å². The summed E-state index contributed by atoms with van der Waals surface area (Å²) in [6.45, 7) is 10.7. The van der Waals surface area contributed by atoms with E-state index in [1.54, 1.807) is 34.4 Å². The predicted octanol–water partition coefficient (Wildman–Crippen LogP) is 8.30. The molecule has 0 aliphatic carbocycles. The lowest BCUT2D eigenvalue weighted by Gasteiger charge is -2.17. The van der Waals surface area contributed by atoms with Crippen LogP contribution in [-0.4, -0.2) is 11.1 Å². The molecule has 46 heavy (non-hydrogen) atoms. The molecule has 1 aliphatic heterocycles. The molecule has 0 N–H and O–H groups in total. The minimum atomic E-state index is 0.0572. The molecule has 0 atom stereocenters. The summed E-state index contributed by atoms with van der Waals surface area (Å²) in [7, 11) is 0. The highest BCUT2D eigenvalue weighted by Gasteiger charge is 2.27. The quantitative estimate of drug-likeness (QED) is 0.118. The lowest BCUT2D eigenvalue weighted by Crippen LogP contribution is -2.36. The number of thiazole rings is 2. The number of nitrogens with zero attached hydrogens (tertiary/aromatic N) is 3. The first kappa shape index (κ1) is 31.8. The molecule has 7 heteroatoms. The van der Waals surface area contributed by atoms with Crippen LogP contribution in [0.3, 0.4) is 0 Å². The molecule has 3 heterocycles. The summed E-state index contributed by atoms with van der Waals surface area (Å²) < 4.78 is 5.99. The summed E-state index contributed by atoms with van der Waals surface area (Å²) in [6, 6.07) is 27.8. The summed E-state index contributed by atoms with van der Waals surface area (Å²) in [6.07, 6.45) is 14.6. The van der Waals surface area contributed by atoms with Gasteiger partial charge in [0.2, 0.25) is 5.69 Å². The molecule has 0 bridgehead atoms. The summed E-state index contributed by atoms with van der Waals surface area (Å²) in [4.78, 5) is 18.5. The Kier molecular flexibility index (Phi) is 10.0. The monoisotopic (exact) mass is 660 g/mol. The molecule has 0 fully saturated rings. The number of allylic oxidation sites excluding steroid dienone is 4. The Morgan fingerprint density at radius 3 is 2.24 bits per heavy atom. The van der Waals surface area contributed by atoms with Crippen molar-refractivity contribution in [2.75, 3.05) is 11.4 Å². The first-order chi connectivity index (χ1) is 22.6. The molecule has 6 rings (SSSR count). The average molecular weight is 661 g/mol. The van der Waals surface area contributed by atoms with Crippen molar-refractivity contribution in [1.82, 2.24) is 4.57 Å². The maximum atomic E-state index is 13.7. The lowest BCUT2D eigenvalue weighted by molar-refractivity contribution is -0.679. The Balaban J connectivity index is 1.43. The summed E-state index contributed by atoms with van der Waals surface area (Å²) >= 11 is 5.11. The second kappa shape index (κ2) is 14.5. The third-order valence-corrected chi connectivity index (χ3v) is 11.3. The standard InChI is InChI=1S/C39H38N3OS3/c1-5-9-12-17-28-22-23-31-33(26-28)45-34(40(31)6-2)25-24-32-39(43)42(8-4)36(44-32)27-35-41(7-3)37(29-18-13-10-14-19-29)38(46-35)30-20-15-11-16-21-30/h5,9-27H,6-8H2,1-4H3/q+1. The highest BCUT2D eigenvalue weighted by Crippen LogP contribution is 2.46. The number of fused-ring (bicyclic) bond motifs is 1. The number of anilines is 1. The van der Waals surface area contributed by atoms with Crippen molar-refractivity contribution < 1.29 is 4.57 Å². The summed E-state index contributed by atoms with van der Waals surface area (Å²) in [5.74, 6) is 0. The van der Waals surface area contributed by atoms with Gasteiger partial charge in [-0.2, -0.15) is 4.57 Å². The molecule has 0 saturated carbocycles. The minimum Gasteiger partial charge on any atom is -0.335 e. The topological polar surface area (TPSA) is 29.1 Å². The molecule has 0 amide bonds. The Morgan fingerprint density at radius 2 is 1.57 bits per heavy atom. The fraction of sp³-hybridized carbons (Fsp3) is 0.179. The zero-order chi connectivity index (χ0) is 32.0. The predicted molar refractivity (Wildman–Crippen MR) is 200 cm³/mol. The molecular formula is C39H38N3OS3+. The van der Waals surface area contributed by atoms with Gasteiger partial charge >= 0.3 is 0 Å². The van der Waals surface area contributed by atoms with E-state index in [4.69, 9.17) is 0 Å². The largest absolute Gasteiger partial charge is 0.335 e. The number of benzene rings is 3. The SMILES string of the molecule is CC=CC=Cc1ccc2c(c1)SC(=CC=c1sc(=Cc3sc(-c4ccccc4)c(-c4ccccc4)[n+]3CC)n(CC)c1=O)N2CC. The Morgan fingerprint density at radius 1 is 0.826 bits per heavy atom. The van der Waals surface area contributed by atoms with Gasteiger partial charge in [0.05, 0.1) is 21.3 Å². The molecule has 232 valence electrons. The first-order valence-corrected chi connectivity index (χ1v) is 18.2. The van der Waals surface area contributed by atoms with E-state index in [0.717, 1.165) is 32.3 Å². The van der Waals surface area contributed by atoms with Crippen LogP contribution in [0.4, 0.5) is 5.69 Å². The molecule has 2 aromatic heterocycles. The van der Waals surface area contributed by atoms with Crippen molar-refractivity contribution in [3.05, 3.63) is 138 Å². The van der Waals surface area contributed by atoms with E-state index in [1.807, 2.05) is 36.6 Å². The van der Waals surface area contributed by atoms with Gasteiger partial charge in [0.15, 0.2) is 0 Å². The molecule has 0 radical (unpaired) electrons. The second-order valence-corrected chi connectivity index (χ2v) is 13.9. The number of thioether (sulfide) groups is 1. The van der Waals surface area contributed by atoms with Gasteiger partial charge < -0.3 is 4.90 Å². The van der Waals surface area contributed by atoms with E-state index in [1.165, 1.54) is 37.8 Å². The fourth-order valence-corrected chi connectivity index (χ4v) is 9.29. The Bertz CT molecular complexity index is 2120. The van der Waals surface area contributed by atoms with Gasteiger partial charge in [-0.15, -0.1) is 11.3 Å². The number of hydrogen-bond donors (Lipinski definition) is 0. The number of rotatable bonds is 9. The van der Waals surface area contributed by atoms with Crippen LogP contribution >= 0.6 is 34.4 Å². The van der Waals surface area contributed by atoms with Gasteiger partial charge in [0.25, 0.3) is 10.6 Å². The summed E-state index contributed by atoms with van der Waals surface area (Å²) in [5.41, 5.74) is 6.05. The van der Waals surface area contributed by atoms with Crippen molar-refractivity contribution in [2.24, 2.45) is 0 Å². The lowest BCUT2D eigenvalue weighted by atomic mass is 10.1. The molecule has 1 aliphatic rings. The van der Waals surface area contributed by atoms with Gasteiger partial charge in [0, 0.05) is 23.5 Å². The van der Waals surface area contributed by atoms with Crippen molar-refractivity contribution in [1.29, 1.82) is 0 Å². The van der Waals surface area contributed by atoms with Crippen LogP contribution in [0, 0.1) is 0 Å². The van der Waals surface area contributed by atoms with Crippen LogP contribution in [0.25, 0.3) is 39.9 Å². The third kappa shape index (κ3) is 6.41. The van der Waals surface area contributed by atoms with Crippen LogP contribution in [0.1, 0.15) is 38.3 Å². The maximum absolute atomic E-state index is 13.7. The van der Waals surface area contributed by atoms with Crippen molar-refractivity contribution in [2.45, 2.75) is 45.7 Å². The normalized spacial score (nSPS) is 14.9. The fourth-order valence-electron chi connectivity index (χ4n) is 5.69. The zero-order valence-electron chi connectivity index (χ0n) is 26.6. The molecular weight excluding hydrogens is 623 g/mol.